The smallest absolute Gasteiger partial charge is 0.134 e. The summed E-state index contributed by atoms with van der Waals surface area (Å²) in [7, 11) is 0. The molecule has 2 aromatic carbocycles. The van der Waals surface area contributed by atoms with Crippen molar-refractivity contribution in [2.24, 2.45) is 5.73 Å². The third-order valence-electron chi connectivity index (χ3n) is 2.75. The van der Waals surface area contributed by atoms with E-state index in [2.05, 4.69) is 47.1 Å². The number of rotatable bonds is 4. The first-order valence-corrected chi connectivity index (χ1v) is 6.65. The van der Waals surface area contributed by atoms with E-state index < -0.39 is 0 Å². The number of hydrogen-bond acceptors (Lipinski definition) is 2. The van der Waals surface area contributed by atoms with Crippen molar-refractivity contribution in [2.75, 3.05) is 0 Å². The molecule has 0 aromatic heterocycles. The Morgan fingerprint density at radius 2 is 1.72 bits per heavy atom. The quantitative estimate of drug-likeness (QED) is 0.932. The average Bonchev–Trinajstić information content (AvgIpc) is 2.39. The highest BCUT2D eigenvalue weighted by molar-refractivity contribution is 9.10. The molecule has 0 bridgehead atoms. The molecule has 0 heterocycles. The Labute approximate surface area is 116 Å². The van der Waals surface area contributed by atoms with E-state index >= 15 is 0 Å². The zero-order chi connectivity index (χ0) is 13.0. The highest BCUT2D eigenvalue weighted by Gasteiger charge is 2.02. The maximum atomic E-state index is 5.77. The molecule has 18 heavy (non-hydrogen) atoms. The lowest BCUT2D eigenvalue weighted by Gasteiger charge is -2.09. The molecule has 2 rings (SSSR count). The second-order valence-corrected chi connectivity index (χ2v) is 5.10. The lowest BCUT2D eigenvalue weighted by Crippen LogP contribution is -1.99. The fraction of sp³-hybridized carbons (Fsp3) is 0.200. The first-order chi connectivity index (χ1) is 8.69. The molecule has 94 valence electrons. The maximum absolute atomic E-state index is 5.77. The Balaban J connectivity index is 2.04. The molecule has 0 atom stereocenters. The van der Waals surface area contributed by atoms with Crippen molar-refractivity contribution >= 4 is 15.9 Å². The van der Waals surface area contributed by atoms with Gasteiger partial charge in [0.15, 0.2) is 0 Å². The van der Waals surface area contributed by atoms with Crippen LogP contribution < -0.4 is 10.5 Å². The molecule has 0 spiro atoms. The largest absolute Gasteiger partial charge is 0.488 e. The fourth-order valence-corrected chi connectivity index (χ4v) is 2.17. The van der Waals surface area contributed by atoms with Gasteiger partial charge < -0.3 is 10.5 Å². The van der Waals surface area contributed by atoms with Crippen molar-refractivity contribution in [3.63, 3.8) is 0 Å². The van der Waals surface area contributed by atoms with Crippen molar-refractivity contribution in [1.29, 1.82) is 0 Å². The van der Waals surface area contributed by atoms with Crippen molar-refractivity contribution in [2.45, 2.75) is 20.1 Å². The van der Waals surface area contributed by atoms with E-state index in [1.54, 1.807) is 0 Å². The molecule has 2 nitrogen and oxygen atoms in total. The van der Waals surface area contributed by atoms with Gasteiger partial charge in [0.1, 0.15) is 12.4 Å². The highest BCUT2D eigenvalue weighted by atomic mass is 79.9. The summed E-state index contributed by atoms with van der Waals surface area (Å²) in [4.78, 5) is 0. The standard InChI is InChI=1S/C15H16BrNO/c1-11-2-4-12(5-3-11)10-18-15-7-6-13(9-17)8-14(15)16/h2-8H,9-10,17H2,1H3. The van der Waals surface area contributed by atoms with Gasteiger partial charge in [-0.25, -0.2) is 0 Å². The first kappa shape index (κ1) is 13.1. The van der Waals surface area contributed by atoms with E-state index in [0.717, 1.165) is 21.3 Å². The normalized spacial score (nSPS) is 10.4. The second kappa shape index (κ2) is 6.03. The maximum Gasteiger partial charge on any atom is 0.134 e. The van der Waals surface area contributed by atoms with Crippen molar-refractivity contribution < 1.29 is 4.74 Å². The van der Waals surface area contributed by atoms with Gasteiger partial charge in [0.25, 0.3) is 0 Å². The van der Waals surface area contributed by atoms with Crippen LogP contribution in [0.4, 0.5) is 0 Å². The van der Waals surface area contributed by atoms with E-state index in [-0.39, 0.29) is 0 Å². The van der Waals surface area contributed by atoms with Crippen molar-refractivity contribution in [3.8, 4) is 5.75 Å². The molecule has 0 aliphatic rings. The van der Waals surface area contributed by atoms with Crippen LogP contribution in [0.2, 0.25) is 0 Å². The molecule has 0 aliphatic heterocycles. The Kier molecular flexibility index (Phi) is 4.39. The Bertz CT molecular complexity index is 523. The molecular weight excluding hydrogens is 290 g/mol. The number of nitrogens with two attached hydrogens (primary N) is 1. The summed E-state index contributed by atoms with van der Waals surface area (Å²) in [6.45, 7) is 3.18. The molecule has 0 saturated carbocycles. The summed E-state index contributed by atoms with van der Waals surface area (Å²) in [5.41, 5.74) is 9.09. The zero-order valence-corrected chi connectivity index (χ0v) is 11.9. The van der Waals surface area contributed by atoms with Gasteiger partial charge in [0, 0.05) is 6.54 Å². The van der Waals surface area contributed by atoms with E-state index in [0.29, 0.717) is 13.2 Å². The van der Waals surface area contributed by atoms with Gasteiger partial charge in [-0.05, 0) is 46.1 Å². The van der Waals surface area contributed by atoms with Crippen LogP contribution in [0, 0.1) is 6.92 Å². The van der Waals surface area contributed by atoms with E-state index in [9.17, 15) is 0 Å². The van der Waals surface area contributed by atoms with Crippen molar-refractivity contribution in [1.82, 2.24) is 0 Å². The van der Waals surface area contributed by atoms with Gasteiger partial charge in [-0.1, -0.05) is 35.9 Å². The molecule has 0 aliphatic carbocycles. The third kappa shape index (κ3) is 3.34. The molecule has 2 N–H and O–H groups in total. The number of ether oxygens (including phenoxy) is 1. The molecule has 0 fully saturated rings. The fourth-order valence-electron chi connectivity index (χ4n) is 1.63. The number of benzene rings is 2. The van der Waals surface area contributed by atoms with Gasteiger partial charge in [-0.2, -0.15) is 0 Å². The predicted molar refractivity (Wildman–Crippen MR) is 77.5 cm³/mol. The Morgan fingerprint density at radius 3 is 2.33 bits per heavy atom. The molecular formula is C15H16BrNO. The minimum atomic E-state index is 0.539. The molecule has 3 heteroatoms. The van der Waals surface area contributed by atoms with Gasteiger partial charge in [0.2, 0.25) is 0 Å². The van der Waals surface area contributed by atoms with Crippen LogP contribution in [0.1, 0.15) is 16.7 Å². The monoisotopic (exact) mass is 305 g/mol. The Morgan fingerprint density at radius 1 is 1.06 bits per heavy atom. The minimum Gasteiger partial charge on any atom is -0.488 e. The number of halogens is 1. The summed E-state index contributed by atoms with van der Waals surface area (Å²) in [6, 6.07) is 14.3. The second-order valence-electron chi connectivity index (χ2n) is 4.24. The summed E-state index contributed by atoms with van der Waals surface area (Å²) in [6.07, 6.45) is 0. The Hall–Kier alpha value is -1.32. The first-order valence-electron chi connectivity index (χ1n) is 5.86. The molecule has 0 unspecified atom stereocenters. The minimum absolute atomic E-state index is 0.539. The molecule has 0 saturated heterocycles. The number of hydrogen-bond donors (Lipinski definition) is 1. The molecule has 0 radical (unpaired) electrons. The van der Waals surface area contributed by atoms with Crippen LogP contribution in [0.25, 0.3) is 0 Å². The van der Waals surface area contributed by atoms with Crippen LogP contribution in [-0.2, 0) is 13.2 Å². The van der Waals surface area contributed by atoms with Gasteiger partial charge >= 0.3 is 0 Å². The highest BCUT2D eigenvalue weighted by Crippen LogP contribution is 2.26. The van der Waals surface area contributed by atoms with Gasteiger partial charge in [0.05, 0.1) is 4.47 Å². The van der Waals surface area contributed by atoms with E-state index in [1.807, 2.05) is 18.2 Å². The summed E-state index contributed by atoms with van der Waals surface area (Å²) in [5, 5.41) is 0. The molecule has 2 aromatic rings. The number of aryl methyl sites for hydroxylation is 1. The summed E-state index contributed by atoms with van der Waals surface area (Å²) in [5.74, 6) is 0.841. The molecule has 0 amide bonds. The van der Waals surface area contributed by atoms with Crippen molar-refractivity contribution in [3.05, 3.63) is 63.6 Å². The van der Waals surface area contributed by atoms with Crippen LogP contribution in [0.15, 0.2) is 46.9 Å². The lowest BCUT2D eigenvalue weighted by molar-refractivity contribution is 0.304. The van der Waals surface area contributed by atoms with Gasteiger partial charge in [-0.15, -0.1) is 0 Å². The zero-order valence-electron chi connectivity index (χ0n) is 10.3. The average molecular weight is 306 g/mol. The van der Waals surface area contributed by atoms with Crippen LogP contribution in [0.3, 0.4) is 0 Å². The topological polar surface area (TPSA) is 35.2 Å². The van der Waals surface area contributed by atoms with Crippen LogP contribution in [-0.4, -0.2) is 0 Å². The van der Waals surface area contributed by atoms with Gasteiger partial charge in [-0.3, -0.25) is 0 Å². The summed E-state index contributed by atoms with van der Waals surface area (Å²) >= 11 is 3.49. The van der Waals surface area contributed by atoms with E-state index in [4.69, 9.17) is 10.5 Å². The van der Waals surface area contributed by atoms with Crippen LogP contribution in [0.5, 0.6) is 5.75 Å². The summed E-state index contributed by atoms with van der Waals surface area (Å²) < 4.78 is 6.72. The lowest BCUT2D eigenvalue weighted by atomic mass is 10.2. The predicted octanol–water partition coefficient (Wildman–Crippen LogP) is 3.80. The van der Waals surface area contributed by atoms with E-state index in [1.165, 1.54) is 5.56 Å². The third-order valence-corrected chi connectivity index (χ3v) is 3.37. The SMILES string of the molecule is Cc1ccc(COc2ccc(CN)cc2Br)cc1. The van der Waals surface area contributed by atoms with Crippen LogP contribution >= 0.6 is 15.9 Å².